The zero-order valence-electron chi connectivity index (χ0n) is 10.8. The monoisotopic (exact) mass is 246 g/mol. The van der Waals surface area contributed by atoms with Gasteiger partial charge in [-0.25, -0.2) is 0 Å². The van der Waals surface area contributed by atoms with Crippen molar-refractivity contribution < 1.29 is 4.79 Å². The van der Waals surface area contributed by atoms with Crippen LogP contribution in [0.3, 0.4) is 0 Å². The molecule has 0 bridgehead atoms. The van der Waals surface area contributed by atoms with Crippen LogP contribution in [-0.4, -0.2) is 12.5 Å². The Balaban J connectivity index is 1.74. The molecule has 3 N–H and O–H groups in total. The number of rotatable bonds is 5. The molecule has 1 aliphatic carbocycles. The molecule has 0 spiro atoms. The van der Waals surface area contributed by atoms with Crippen molar-refractivity contribution in [2.45, 2.75) is 38.1 Å². The van der Waals surface area contributed by atoms with E-state index in [1.165, 1.54) is 25.7 Å². The maximum absolute atomic E-state index is 11.9. The van der Waals surface area contributed by atoms with Crippen molar-refractivity contribution in [3.05, 3.63) is 35.9 Å². The van der Waals surface area contributed by atoms with Crippen LogP contribution in [0.1, 0.15) is 43.7 Å². The highest BCUT2D eigenvalue weighted by Crippen LogP contribution is 2.26. The SMILES string of the molecule is N[C@@H](C(=O)NCCC1CCCC1)c1ccccc1. The van der Waals surface area contributed by atoms with Gasteiger partial charge in [-0.15, -0.1) is 0 Å². The zero-order chi connectivity index (χ0) is 12.8. The predicted molar refractivity (Wildman–Crippen MR) is 73.0 cm³/mol. The largest absolute Gasteiger partial charge is 0.354 e. The Labute approximate surface area is 109 Å². The Morgan fingerprint density at radius 1 is 1.28 bits per heavy atom. The lowest BCUT2D eigenvalue weighted by Gasteiger charge is -2.14. The Bertz CT molecular complexity index is 371. The second kappa shape index (κ2) is 6.55. The van der Waals surface area contributed by atoms with Gasteiger partial charge in [-0.3, -0.25) is 4.79 Å². The number of hydrogen-bond acceptors (Lipinski definition) is 2. The van der Waals surface area contributed by atoms with E-state index in [1.807, 2.05) is 30.3 Å². The number of nitrogens with two attached hydrogens (primary N) is 1. The van der Waals surface area contributed by atoms with Crippen LogP contribution in [-0.2, 0) is 4.79 Å². The van der Waals surface area contributed by atoms with E-state index in [0.29, 0.717) is 0 Å². The van der Waals surface area contributed by atoms with E-state index in [-0.39, 0.29) is 5.91 Å². The molecule has 2 rings (SSSR count). The van der Waals surface area contributed by atoms with Crippen LogP contribution in [0.4, 0.5) is 0 Å². The third kappa shape index (κ3) is 3.57. The van der Waals surface area contributed by atoms with E-state index in [0.717, 1.165) is 24.4 Å². The van der Waals surface area contributed by atoms with Gasteiger partial charge in [0.15, 0.2) is 0 Å². The van der Waals surface area contributed by atoms with Crippen molar-refractivity contribution in [3.63, 3.8) is 0 Å². The fourth-order valence-electron chi connectivity index (χ4n) is 2.62. The lowest BCUT2D eigenvalue weighted by atomic mass is 10.0. The van der Waals surface area contributed by atoms with E-state index in [9.17, 15) is 4.79 Å². The van der Waals surface area contributed by atoms with Gasteiger partial charge in [0.25, 0.3) is 0 Å². The summed E-state index contributed by atoms with van der Waals surface area (Å²) >= 11 is 0. The van der Waals surface area contributed by atoms with Crippen molar-refractivity contribution in [2.24, 2.45) is 11.7 Å². The first-order chi connectivity index (χ1) is 8.77. The average Bonchev–Trinajstić information content (AvgIpc) is 2.92. The summed E-state index contributed by atoms with van der Waals surface area (Å²) < 4.78 is 0. The van der Waals surface area contributed by atoms with Gasteiger partial charge in [0.1, 0.15) is 6.04 Å². The molecule has 98 valence electrons. The van der Waals surface area contributed by atoms with E-state index in [4.69, 9.17) is 5.73 Å². The van der Waals surface area contributed by atoms with Gasteiger partial charge < -0.3 is 11.1 Å². The molecule has 0 aliphatic heterocycles. The third-order valence-corrected chi connectivity index (χ3v) is 3.77. The summed E-state index contributed by atoms with van der Waals surface area (Å²) in [6, 6.07) is 8.97. The second-order valence-corrected chi connectivity index (χ2v) is 5.12. The lowest BCUT2D eigenvalue weighted by molar-refractivity contribution is -0.122. The topological polar surface area (TPSA) is 55.1 Å². The van der Waals surface area contributed by atoms with Gasteiger partial charge in [-0.1, -0.05) is 56.0 Å². The van der Waals surface area contributed by atoms with Crippen LogP contribution in [0, 0.1) is 5.92 Å². The van der Waals surface area contributed by atoms with Crippen molar-refractivity contribution in [2.75, 3.05) is 6.54 Å². The predicted octanol–water partition coefficient (Wildman–Crippen LogP) is 2.38. The van der Waals surface area contributed by atoms with Gasteiger partial charge in [-0.2, -0.15) is 0 Å². The minimum absolute atomic E-state index is 0.0702. The summed E-state index contributed by atoms with van der Waals surface area (Å²) in [5.74, 6) is 0.734. The molecule has 1 aliphatic rings. The van der Waals surface area contributed by atoms with Crippen LogP contribution >= 0.6 is 0 Å². The highest BCUT2D eigenvalue weighted by Gasteiger charge is 2.17. The lowest BCUT2D eigenvalue weighted by Crippen LogP contribution is -2.35. The molecule has 0 saturated heterocycles. The van der Waals surface area contributed by atoms with E-state index < -0.39 is 6.04 Å². The average molecular weight is 246 g/mol. The fourth-order valence-corrected chi connectivity index (χ4v) is 2.62. The molecular formula is C15H22N2O. The fraction of sp³-hybridized carbons (Fsp3) is 0.533. The molecule has 3 nitrogen and oxygen atoms in total. The first-order valence-electron chi connectivity index (χ1n) is 6.85. The number of amides is 1. The number of benzene rings is 1. The summed E-state index contributed by atoms with van der Waals surface area (Å²) in [5, 5.41) is 2.94. The van der Waals surface area contributed by atoms with Crippen LogP contribution in [0.5, 0.6) is 0 Å². The van der Waals surface area contributed by atoms with Crippen molar-refractivity contribution >= 4 is 5.91 Å². The maximum atomic E-state index is 11.9. The molecule has 1 aromatic rings. The second-order valence-electron chi connectivity index (χ2n) is 5.12. The minimum atomic E-state index is -0.547. The summed E-state index contributed by atoms with van der Waals surface area (Å²) in [7, 11) is 0. The number of hydrogen-bond donors (Lipinski definition) is 2. The summed E-state index contributed by atoms with van der Waals surface area (Å²) in [4.78, 5) is 11.9. The van der Waals surface area contributed by atoms with Gasteiger partial charge >= 0.3 is 0 Å². The molecule has 1 saturated carbocycles. The van der Waals surface area contributed by atoms with Gasteiger partial charge in [0.2, 0.25) is 5.91 Å². The van der Waals surface area contributed by atoms with Crippen molar-refractivity contribution in [1.29, 1.82) is 0 Å². The number of carbonyl (C=O) groups is 1. The van der Waals surface area contributed by atoms with E-state index >= 15 is 0 Å². The molecule has 1 fully saturated rings. The standard InChI is InChI=1S/C15H22N2O/c16-14(13-8-2-1-3-9-13)15(18)17-11-10-12-6-4-5-7-12/h1-3,8-9,12,14H,4-7,10-11,16H2,(H,17,18)/t14-/m1/s1. The van der Waals surface area contributed by atoms with Crippen LogP contribution in [0.25, 0.3) is 0 Å². The summed E-state index contributed by atoms with van der Waals surface area (Å²) in [6.45, 7) is 0.754. The quantitative estimate of drug-likeness (QED) is 0.838. The summed E-state index contributed by atoms with van der Waals surface area (Å²) in [5.41, 5.74) is 6.79. The molecule has 0 unspecified atom stereocenters. The molecule has 3 heteroatoms. The highest BCUT2D eigenvalue weighted by atomic mass is 16.2. The Kier molecular flexibility index (Phi) is 4.76. The van der Waals surface area contributed by atoms with Gasteiger partial charge in [-0.05, 0) is 17.9 Å². The molecular weight excluding hydrogens is 224 g/mol. The number of carbonyl (C=O) groups excluding carboxylic acids is 1. The normalized spacial score (nSPS) is 17.6. The van der Waals surface area contributed by atoms with E-state index in [2.05, 4.69) is 5.32 Å². The van der Waals surface area contributed by atoms with E-state index in [1.54, 1.807) is 0 Å². The Morgan fingerprint density at radius 3 is 2.61 bits per heavy atom. The van der Waals surface area contributed by atoms with Gasteiger partial charge in [0.05, 0.1) is 0 Å². The molecule has 0 heterocycles. The zero-order valence-corrected chi connectivity index (χ0v) is 10.8. The van der Waals surface area contributed by atoms with Crippen molar-refractivity contribution in [3.8, 4) is 0 Å². The Morgan fingerprint density at radius 2 is 1.94 bits per heavy atom. The first kappa shape index (κ1) is 13.1. The molecule has 0 radical (unpaired) electrons. The molecule has 18 heavy (non-hydrogen) atoms. The van der Waals surface area contributed by atoms with Crippen LogP contribution in [0.2, 0.25) is 0 Å². The molecule has 0 aromatic heterocycles. The van der Waals surface area contributed by atoms with Crippen LogP contribution in [0.15, 0.2) is 30.3 Å². The third-order valence-electron chi connectivity index (χ3n) is 3.77. The summed E-state index contributed by atoms with van der Waals surface area (Å²) in [6.07, 6.45) is 6.43. The molecule has 1 aromatic carbocycles. The van der Waals surface area contributed by atoms with Crippen LogP contribution < -0.4 is 11.1 Å². The minimum Gasteiger partial charge on any atom is -0.354 e. The first-order valence-corrected chi connectivity index (χ1v) is 6.85. The van der Waals surface area contributed by atoms with Gasteiger partial charge in [0, 0.05) is 6.54 Å². The number of nitrogens with one attached hydrogen (secondary N) is 1. The highest BCUT2D eigenvalue weighted by molar-refractivity contribution is 5.82. The maximum Gasteiger partial charge on any atom is 0.241 e. The molecule has 1 atom stereocenters. The van der Waals surface area contributed by atoms with Crippen molar-refractivity contribution in [1.82, 2.24) is 5.32 Å². The smallest absolute Gasteiger partial charge is 0.241 e. The molecule has 1 amide bonds. The Hall–Kier alpha value is -1.35.